The van der Waals surface area contributed by atoms with Crippen LogP contribution in [0.3, 0.4) is 0 Å². The molecular formula is C7H14O4. The van der Waals surface area contributed by atoms with Crippen LogP contribution in [0, 0.1) is 5.92 Å². The van der Waals surface area contributed by atoms with Gasteiger partial charge in [-0.05, 0) is 12.3 Å². The Morgan fingerprint density at radius 1 is 0.909 bits per heavy atom. The number of hydrogen-bond donors (Lipinski definition) is 4. The lowest BCUT2D eigenvalue weighted by atomic mass is 9.82. The topological polar surface area (TPSA) is 80.9 Å². The molecule has 11 heavy (non-hydrogen) atoms. The average molecular weight is 162 g/mol. The van der Waals surface area contributed by atoms with Crippen LogP contribution in [0.4, 0.5) is 0 Å². The quantitative estimate of drug-likeness (QED) is 0.348. The molecule has 4 heteroatoms. The lowest BCUT2D eigenvalue weighted by molar-refractivity contribution is -0.154. The summed E-state index contributed by atoms with van der Waals surface area (Å²) in [7, 11) is 0. The molecule has 0 bridgehead atoms. The Kier molecular flexibility index (Phi) is 2.49. The molecule has 66 valence electrons. The lowest BCUT2D eigenvalue weighted by Gasteiger charge is -2.36. The van der Waals surface area contributed by atoms with Crippen LogP contribution < -0.4 is 0 Å². The highest BCUT2D eigenvalue weighted by Crippen LogP contribution is 2.24. The highest BCUT2D eigenvalue weighted by molar-refractivity contribution is 4.90. The third-order valence-electron chi connectivity index (χ3n) is 2.29. The maximum absolute atomic E-state index is 9.21. The molecule has 0 aromatic carbocycles. The van der Waals surface area contributed by atoms with Crippen molar-refractivity contribution in [1.82, 2.24) is 0 Å². The fraction of sp³-hybridized carbons (Fsp3) is 1.00. The van der Waals surface area contributed by atoms with Gasteiger partial charge in [0.2, 0.25) is 0 Å². The largest absolute Gasteiger partial charge is 0.390 e. The van der Waals surface area contributed by atoms with E-state index < -0.39 is 24.4 Å². The monoisotopic (exact) mass is 162 g/mol. The first kappa shape index (κ1) is 8.93. The fourth-order valence-electron chi connectivity index (χ4n) is 1.43. The van der Waals surface area contributed by atoms with Crippen LogP contribution in [0.25, 0.3) is 0 Å². The van der Waals surface area contributed by atoms with Crippen molar-refractivity contribution in [3.8, 4) is 0 Å². The summed E-state index contributed by atoms with van der Waals surface area (Å²) in [5.74, 6) is -0.164. The van der Waals surface area contributed by atoms with E-state index in [-0.39, 0.29) is 5.92 Å². The maximum atomic E-state index is 9.21. The maximum Gasteiger partial charge on any atom is 0.108 e. The molecule has 0 aliphatic heterocycles. The highest BCUT2D eigenvalue weighted by Gasteiger charge is 2.39. The standard InChI is InChI=1S/C7H14O4/c1-3-2-4(8)6(10)7(11)5(3)9/h3-11H,2H2,1H3. The molecule has 0 spiro atoms. The summed E-state index contributed by atoms with van der Waals surface area (Å²) in [6, 6.07) is 0. The van der Waals surface area contributed by atoms with Gasteiger partial charge in [-0.25, -0.2) is 0 Å². The van der Waals surface area contributed by atoms with Crippen LogP contribution in [0.1, 0.15) is 13.3 Å². The molecule has 1 rings (SSSR count). The minimum atomic E-state index is -1.21. The minimum absolute atomic E-state index is 0.164. The molecule has 1 fully saturated rings. The summed E-state index contributed by atoms with van der Waals surface area (Å²) in [5.41, 5.74) is 0. The van der Waals surface area contributed by atoms with E-state index in [1.54, 1.807) is 6.92 Å². The van der Waals surface area contributed by atoms with Crippen molar-refractivity contribution in [1.29, 1.82) is 0 Å². The van der Waals surface area contributed by atoms with Crippen molar-refractivity contribution in [2.45, 2.75) is 37.8 Å². The average Bonchev–Trinajstić information content (AvgIpc) is 1.97. The number of rotatable bonds is 0. The van der Waals surface area contributed by atoms with Crippen LogP contribution >= 0.6 is 0 Å². The van der Waals surface area contributed by atoms with E-state index in [9.17, 15) is 5.11 Å². The van der Waals surface area contributed by atoms with Gasteiger partial charge in [-0.15, -0.1) is 0 Å². The molecule has 0 heterocycles. The normalized spacial score (nSPS) is 52.6. The van der Waals surface area contributed by atoms with E-state index in [1.807, 2.05) is 0 Å². The summed E-state index contributed by atoms with van der Waals surface area (Å²) in [4.78, 5) is 0. The van der Waals surface area contributed by atoms with Crippen molar-refractivity contribution >= 4 is 0 Å². The van der Waals surface area contributed by atoms with E-state index in [2.05, 4.69) is 0 Å². The van der Waals surface area contributed by atoms with Crippen molar-refractivity contribution in [2.24, 2.45) is 5.92 Å². The molecule has 5 unspecified atom stereocenters. The van der Waals surface area contributed by atoms with Crippen LogP contribution in [0.2, 0.25) is 0 Å². The van der Waals surface area contributed by atoms with Gasteiger partial charge in [0, 0.05) is 0 Å². The van der Waals surface area contributed by atoms with Gasteiger partial charge in [-0.1, -0.05) is 6.92 Å². The molecule has 0 aromatic rings. The summed E-state index contributed by atoms with van der Waals surface area (Å²) >= 11 is 0. The zero-order chi connectivity index (χ0) is 8.59. The Labute approximate surface area is 65.1 Å². The van der Waals surface area contributed by atoms with Gasteiger partial charge in [-0.3, -0.25) is 0 Å². The number of aliphatic hydroxyl groups is 4. The van der Waals surface area contributed by atoms with Crippen LogP contribution in [0.15, 0.2) is 0 Å². The van der Waals surface area contributed by atoms with E-state index in [1.165, 1.54) is 0 Å². The molecule has 4 nitrogen and oxygen atoms in total. The molecular weight excluding hydrogens is 148 g/mol. The van der Waals surface area contributed by atoms with Crippen LogP contribution in [-0.4, -0.2) is 44.8 Å². The van der Waals surface area contributed by atoms with Gasteiger partial charge in [-0.2, -0.15) is 0 Å². The fourth-order valence-corrected chi connectivity index (χ4v) is 1.43. The molecule has 0 radical (unpaired) electrons. The summed E-state index contributed by atoms with van der Waals surface area (Å²) in [5, 5.41) is 36.5. The summed E-state index contributed by atoms with van der Waals surface area (Å²) < 4.78 is 0. The van der Waals surface area contributed by atoms with Gasteiger partial charge < -0.3 is 20.4 Å². The first-order valence-electron chi connectivity index (χ1n) is 3.76. The Morgan fingerprint density at radius 3 is 2.00 bits per heavy atom. The Balaban J connectivity index is 2.63. The van der Waals surface area contributed by atoms with Crippen molar-refractivity contribution in [2.75, 3.05) is 0 Å². The predicted molar refractivity (Wildman–Crippen MR) is 37.8 cm³/mol. The Morgan fingerprint density at radius 2 is 1.45 bits per heavy atom. The first-order chi connectivity index (χ1) is 5.04. The third kappa shape index (κ3) is 1.54. The smallest absolute Gasteiger partial charge is 0.108 e. The molecule has 4 N–H and O–H groups in total. The van der Waals surface area contributed by atoms with Crippen LogP contribution in [0.5, 0.6) is 0 Å². The third-order valence-corrected chi connectivity index (χ3v) is 2.29. The molecule has 1 aliphatic rings. The molecule has 1 aliphatic carbocycles. The predicted octanol–water partition coefficient (Wildman–Crippen LogP) is -1.53. The summed E-state index contributed by atoms with van der Waals surface area (Å²) in [6.45, 7) is 1.73. The van der Waals surface area contributed by atoms with E-state index in [0.717, 1.165) is 0 Å². The second-order valence-corrected chi connectivity index (χ2v) is 3.25. The second-order valence-electron chi connectivity index (χ2n) is 3.25. The lowest BCUT2D eigenvalue weighted by Crippen LogP contribution is -2.52. The molecule has 0 aromatic heterocycles. The van der Waals surface area contributed by atoms with Crippen molar-refractivity contribution in [3.63, 3.8) is 0 Å². The minimum Gasteiger partial charge on any atom is -0.390 e. The second kappa shape index (κ2) is 3.06. The van der Waals surface area contributed by atoms with Gasteiger partial charge in [0.05, 0.1) is 12.2 Å². The van der Waals surface area contributed by atoms with E-state index >= 15 is 0 Å². The van der Waals surface area contributed by atoms with E-state index in [0.29, 0.717) is 6.42 Å². The number of aliphatic hydroxyl groups excluding tert-OH is 4. The summed E-state index contributed by atoms with van der Waals surface area (Å²) in [6.07, 6.45) is -3.92. The molecule has 0 amide bonds. The van der Waals surface area contributed by atoms with Crippen LogP contribution in [-0.2, 0) is 0 Å². The first-order valence-corrected chi connectivity index (χ1v) is 3.76. The number of hydrogen-bond acceptors (Lipinski definition) is 4. The zero-order valence-corrected chi connectivity index (χ0v) is 6.38. The highest BCUT2D eigenvalue weighted by atomic mass is 16.4. The van der Waals surface area contributed by atoms with E-state index in [4.69, 9.17) is 15.3 Å². The van der Waals surface area contributed by atoms with Gasteiger partial charge in [0.25, 0.3) is 0 Å². The zero-order valence-electron chi connectivity index (χ0n) is 6.38. The van der Waals surface area contributed by atoms with Gasteiger partial charge >= 0.3 is 0 Å². The molecule has 5 atom stereocenters. The molecule has 1 saturated carbocycles. The van der Waals surface area contributed by atoms with Gasteiger partial charge in [0.1, 0.15) is 12.2 Å². The SMILES string of the molecule is CC1CC(O)C(O)C(O)C1O. The Bertz CT molecular complexity index is 124. The van der Waals surface area contributed by atoms with Gasteiger partial charge in [0.15, 0.2) is 0 Å². The van der Waals surface area contributed by atoms with Crippen molar-refractivity contribution in [3.05, 3.63) is 0 Å². The van der Waals surface area contributed by atoms with Crippen molar-refractivity contribution < 1.29 is 20.4 Å². The Hall–Kier alpha value is -0.160. The molecule has 0 saturated heterocycles.